The van der Waals surface area contributed by atoms with Crippen LogP contribution in [-0.4, -0.2) is 29.5 Å². The summed E-state index contributed by atoms with van der Waals surface area (Å²) >= 11 is 0. The van der Waals surface area contributed by atoms with Gasteiger partial charge >= 0.3 is 5.97 Å². The average molecular weight is 316 g/mol. The number of carbonyl (C=O) groups excluding carboxylic acids is 2. The van der Waals surface area contributed by atoms with Gasteiger partial charge < -0.3 is 10.1 Å². The van der Waals surface area contributed by atoms with Crippen molar-refractivity contribution in [3.05, 3.63) is 65.7 Å². The summed E-state index contributed by atoms with van der Waals surface area (Å²) < 4.78 is 17.8. The number of hydrogen-bond acceptors (Lipinski definition) is 4. The maximum atomic E-state index is 12.8. The summed E-state index contributed by atoms with van der Waals surface area (Å²) in [6.07, 6.45) is 1.12. The normalized spacial score (nSPS) is 11.6. The summed E-state index contributed by atoms with van der Waals surface area (Å²) in [5, 5.41) is 2.67. The van der Waals surface area contributed by atoms with Gasteiger partial charge in [-0.1, -0.05) is 18.2 Å². The monoisotopic (exact) mass is 316 g/mol. The molecule has 0 radical (unpaired) electrons. The molecule has 0 saturated carbocycles. The molecule has 2 aromatic rings. The van der Waals surface area contributed by atoms with E-state index in [0.29, 0.717) is 13.0 Å². The lowest BCUT2D eigenvalue weighted by Gasteiger charge is -2.13. The number of esters is 1. The standard InChI is InChI=1S/C17H17FN2O3/c1-12(23-17(22)15-4-2-3-10-19-15)16(21)20-11-9-13-5-7-14(18)8-6-13/h2-8,10,12H,9,11H2,1H3,(H,20,21)/t12-/m0/s1. The molecule has 23 heavy (non-hydrogen) atoms. The Morgan fingerprint density at radius 1 is 1.22 bits per heavy atom. The van der Waals surface area contributed by atoms with Crippen molar-refractivity contribution in [1.82, 2.24) is 10.3 Å². The fourth-order valence-corrected chi connectivity index (χ4v) is 1.88. The number of nitrogens with one attached hydrogen (secondary N) is 1. The number of aromatic nitrogens is 1. The number of amides is 1. The molecule has 1 heterocycles. The molecule has 5 nitrogen and oxygen atoms in total. The van der Waals surface area contributed by atoms with E-state index >= 15 is 0 Å². The van der Waals surface area contributed by atoms with Gasteiger partial charge in [-0.25, -0.2) is 14.2 Å². The molecule has 0 aliphatic heterocycles. The van der Waals surface area contributed by atoms with Crippen molar-refractivity contribution in [1.29, 1.82) is 0 Å². The first kappa shape index (κ1) is 16.6. The molecular weight excluding hydrogens is 299 g/mol. The highest BCUT2D eigenvalue weighted by molar-refractivity contribution is 5.90. The molecule has 0 fully saturated rings. The molecule has 1 atom stereocenters. The third-order valence-corrected chi connectivity index (χ3v) is 3.15. The van der Waals surface area contributed by atoms with Crippen LogP contribution < -0.4 is 5.32 Å². The zero-order valence-corrected chi connectivity index (χ0v) is 12.7. The van der Waals surface area contributed by atoms with Crippen molar-refractivity contribution in [3.63, 3.8) is 0 Å². The van der Waals surface area contributed by atoms with E-state index in [2.05, 4.69) is 10.3 Å². The number of hydrogen-bond donors (Lipinski definition) is 1. The van der Waals surface area contributed by atoms with E-state index in [-0.39, 0.29) is 11.5 Å². The number of nitrogens with zero attached hydrogens (tertiary/aromatic N) is 1. The third kappa shape index (κ3) is 5.18. The van der Waals surface area contributed by atoms with Crippen molar-refractivity contribution < 1.29 is 18.7 Å². The molecule has 0 saturated heterocycles. The highest BCUT2D eigenvalue weighted by atomic mass is 19.1. The quantitative estimate of drug-likeness (QED) is 0.829. The van der Waals surface area contributed by atoms with E-state index in [0.717, 1.165) is 5.56 Å². The predicted octanol–water partition coefficient (Wildman–Crippen LogP) is 2.12. The molecule has 1 amide bonds. The zero-order valence-electron chi connectivity index (χ0n) is 12.7. The summed E-state index contributed by atoms with van der Waals surface area (Å²) in [5.74, 6) is -1.34. The smallest absolute Gasteiger partial charge is 0.357 e. The number of halogens is 1. The zero-order chi connectivity index (χ0) is 16.7. The third-order valence-electron chi connectivity index (χ3n) is 3.15. The molecule has 1 aromatic carbocycles. The Morgan fingerprint density at radius 3 is 2.61 bits per heavy atom. The Kier molecular flexibility index (Phi) is 5.80. The van der Waals surface area contributed by atoms with Crippen molar-refractivity contribution >= 4 is 11.9 Å². The Hall–Kier alpha value is -2.76. The summed E-state index contributed by atoms with van der Waals surface area (Å²) in [7, 11) is 0. The topological polar surface area (TPSA) is 68.3 Å². The maximum Gasteiger partial charge on any atom is 0.357 e. The van der Waals surface area contributed by atoms with Gasteiger partial charge in [0.25, 0.3) is 5.91 Å². The van der Waals surface area contributed by atoms with Crippen LogP contribution in [0.1, 0.15) is 23.0 Å². The molecule has 0 spiro atoms. The first-order valence-corrected chi connectivity index (χ1v) is 7.20. The van der Waals surface area contributed by atoms with Gasteiger partial charge in [0.2, 0.25) is 0 Å². The van der Waals surface area contributed by atoms with E-state index in [4.69, 9.17) is 4.74 Å². The lowest BCUT2D eigenvalue weighted by molar-refractivity contribution is -0.129. The van der Waals surface area contributed by atoms with Crippen LogP contribution in [0.2, 0.25) is 0 Å². The Labute approximate surface area is 133 Å². The minimum atomic E-state index is -0.919. The molecule has 0 bridgehead atoms. The first-order chi connectivity index (χ1) is 11.1. The van der Waals surface area contributed by atoms with E-state index in [1.165, 1.54) is 31.3 Å². The van der Waals surface area contributed by atoms with Gasteiger partial charge in [0.05, 0.1) is 0 Å². The van der Waals surface area contributed by atoms with Crippen LogP contribution in [0.5, 0.6) is 0 Å². The van der Waals surface area contributed by atoms with Crippen LogP contribution >= 0.6 is 0 Å². The Bertz CT molecular complexity index is 659. The minimum absolute atomic E-state index is 0.151. The van der Waals surface area contributed by atoms with Crippen molar-refractivity contribution in [2.24, 2.45) is 0 Å². The second-order valence-corrected chi connectivity index (χ2v) is 4.93. The van der Waals surface area contributed by atoms with Crippen molar-refractivity contribution in [3.8, 4) is 0 Å². The fourth-order valence-electron chi connectivity index (χ4n) is 1.88. The first-order valence-electron chi connectivity index (χ1n) is 7.20. The highest BCUT2D eigenvalue weighted by Crippen LogP contribution is 2.04. The van der Waals surface area contributed by atoms with Crippen LogP contribution in [-0.2, 0) is 16.0 Å². The predicted molar refractivity (Wildman–Crippen MR) is 82.2 cm³/mol. The second-order valence-electron chi connectivity index (χ2n) is 4.93. The van der Waals surface area contributed by atoms with Gasteiger partial charge in [0, 0.05) is 12.7 Å². The highest BCUT2D eigenvalue weighted by Gasteiger charge is 2.18. The molecule has 1 N–H and O–H groups in total. The van der Waals surface area contributed by atoms with Gasteiger partial charge in [-0.2, -0.15) is 0 Å². The minimum Gasteiger partial charge on any atom is -0.448 e. The van der Waals surface area contributed by atoms with Gasteiger partial charge in [0.1, 0.15) is 11.5 Å². The molecule has 1 aromatic heterocycles. The molecule has 6 heteroatoms. The van der Waals surface area contributed by atoms with Crippen LogP contribution in [0, 0.1) is 5.82 Å². The molecule has 0 aliphatic rings. The molecule has 2 rings (SSSR count). The lowest BCUT2D eigenvalue weighted by Crippen LogP contribution is -2.37. The van der Waals surface area contributed by atoms with Crippen molar-refractivity contribution in [2.45, 2.75) is 19.4 Å². The van der Waals surface area contributed by atoms with Gasteiger partial charge in [0.15, 0.2) is 6.10 Å². The Morgan fingerprint density at radius 2 is 1.96 bits per heavy atom. The number of ether oxygens (including phenoxy) is 1. The Balaban J connectivity index is 1.76. The average Bonchev–Trinajstić information content (AvgIpc) is 2.57. The summed E-state index contributed by atoms with van der Waals surface area (Å²) in [4.78, 5) is 27.5. The molecule has 0 unspecified atom stereocenters. The van der Waals surface area contributed by atoms with E-state index in [9.17, 15) is 14.0 Å². The summed E-state index contributed by atoms with van der Waals surface area (Å²) in [5.41, 5.74) is 1.06. The van der Waals surface area contributed by atoms with Crippen molar-refractivity contribution in [2.75, 3.05) is 6.54 Å². The maximum absolute atomic E-state index is 12.8. The largest absolute Gasteiger partial charge is 0.448 e. The van der Waals surface area contributed by atoms with Crippen LogP contribution in [0.4, 0.5) is 4.39 Å². The number of benzene rings is 1. The van der Waals surface area contributed by atoms with Crippen LogP contribution in [0.15, 0.2) is 48.7 Å². The second kappa shape index (κ2) is 8.03. The van der Waals surface area contributed by atoms with Gasteiger partial charge in [-0.05, 0) is 43.2 Å². The van der Waals surface area contributed by atoms with Crippen LogP contribution in [0.3, 0.4) is 0 Å². The van der Waals surface area contributed by atoms with E-state index in [1.54, 1.807) is 24.3 Å². The van der Waals surface area contributed by atoms with Gasteiger partial charge in [-0.3, -0.25) is 4.79 Å². The van der Waals surface area contributed by atoms with E-state index in [1.807, 2.05) is 0 Å². The lowest BCUT2D eigenvalue weighted by atomic mass is 10.1. The van der Waals surface area contributed by atoms with Crippen LogP contribution in [0.25, 0.3) is 0 Å². The summed E-state index contributed by atoms with van der Waals surface area (Å²) in [6.45, 7) is 1.87. The molecule has 0 aliphatic carbocycles. The summed E-state index contributed by atoms with van der Waals surface area (Å²) in [6, 6.07) is 10.9. The fraction of sp³-hybridized carbons (Fsp3) is 0.235. The SMILES string of the molecule is C[C@H](OC(=O)c1ccccn1)C(=O)NCCc1ccc(F)cc1. The molecule has 120 valence electrons. The number of carbonyl (C=O) groups is 2. The number of rotatable bonds is 6. The molecular formula is C17H17FN2O3. The number of pyridine rings is 1. The van der Waals surface area contributed by atoms with E-state index < -0.39 is 18.0 Å². The van der Waals surface area contributed by atoms with Gasteiger partial charge in [-0.15, -0.1) is 0 Å².